The van der Waals surface area contributed by atoms with E-state index in [-0.39, 0.29) is 23.3 Å². The summed E-state index contributed by atoms with van der Waals surface area (Å²) in [5, 5.41) is 2.72. The second kappa shape index (κ2) is 7.65. The van der Waals surface area contributed by atoms with Crippen LogP contribution >= 0.6 is 0 Å². The molecule has 0 aliphatic heterocycles. The molecule has 7 heteroatoms. The van der Waals surface area contributed by atoms with Crippen molar-refractivity contribution >= 4 is 23.2 Å². The third kappa shape index (κ3) is 4.69. The van der Waals surface area contributed by atoms with Gasteiger partial charge in [-0.25, -0.2) is 0 Å². The van der Waals surface area contributed by atoms with Crippen LogP contribution in [-0.4, -0.2) is 37.0 Å². The van der Waals surface area contributed by atoms with Crippen molar-refractivity contribution in [3.63, 3.8) is 0 Å². The van der Waals surface area contributed by atoms with Crippen molar-refractivity contribution in [3.8, 4) is 5.75 Å². The van der Waals surface area contributed by atoms with E-state index in [1.54, 1.807) is 30.5 Å². The summed E-state index contributed by atoms with van der Waals surface area (Å²) in [5.74, 6) is -0.621. The second-order valence-electron chi connectivity index (χ2n) is 5.99. The third-order valence-electron chi connectivity index (χ3n) is 3.36. The van der Waals surface area contributed by atoms with Crippen molar-refractivity contribution < 1.29 is 14.3 Å². The number of carbonyl (C=O) groups is 2. The second-order valence-corrected chi connectivity index (χ2v) is 5.99. The Bertz CT molecular complexity index is 788. The van der Waals surface area contributed by atoms with Gasteiger partial charge in [-0.1, -0.05) is 0 Å². The molecule has 3 N–H and O–H groups in total. The van der Waals surface area contributed by atoms with E-state index >= 15 is 0 Å². The van der Waals surface area contributed by atoms with Crippen LogP contribution in [0.2, 0.25) is 0 Å². The number of amides is 2. The Balaban J connectivity index is 2.25. The molecule has 0 fully saturated rings. The highest BCUT2D eigenvalue weighted by molar-refractivity contribution is 6.04. The van der Waals surface area contributed by atoms with E-state index in [0.717, 1.165) is 5.69 Å². The van der Waals surface area contributed by atoms with E-state index in [1.807, 2.05) is 32.8 Å². The van der Waals surface area contributed by atoms with E-state index in [4.69, 9.17) is 10.5 Å². The van der Waals surface area contributed by atoms with Gasteiger partial charge in [0.25, 0.3) is 11.8 Å². The zero-order valence-electron chi connectivity index (χ0n) is 14.7. The fourth-order valence-electron chi connectivity index (χ4n) is 2.17. The molecular formula is C18H22N4O3. The maximum Gasteiger partial charge on any atom is 0.274 e. The lowest BCUT2D eigenvalue weighted by atomic mass is 10.1. The molecule has 1 heterocycles. The third-order valence-corrected chi connectivity index (χ3v) is 3.36. The van der Waals surface area contributed by atoms with Gasteiger partial charge in [0.05, 0.1) is 11.7 Å². The minimum absolute atomic E-state index is 0.100. The Morgan fingerprint density at radius 2 is 1.92 bits per heavy atom. The smallest absolute Gasteiger partial charge is 0.274 e. The predicted molar refractivity (Wildman–Crippen MR) is 97.2 cm³/mol. The van der Waals surface area contributed by atoms with Gasteiger partial charge in [0, 0.05) is 31.7 Å². The highest BCUT2D eigenvalue weighted by Crippen LogP contribution is 2.24. The molecule has 0 spiro atoms. The molecule has 7 nitrogen and oxygen atoms in total. The molecule has 1 aromatic carbocycles. The van der Waals surface area contributed by atoms with Crippen LogP contribution in [0.1, 0.15) is 34.7 Å². The lowest BCUT2D eigenvalue weighted by Gasteiger charge is -2.15. The van der Waals surface area contributed by atoms with Crippen molar-refractivity contribution in [1.29, 1.82) is 0 Å². The van der Waals surface area contributed by atoms with E-state index in [2.05, 4.69) is 10.3 Å². The van der Waals surface area contributed by atoms with Gasteiger partial charge in [0.15, 0.2) is 0 Å². The quantitative estimate of drug-likeness (QED) is 0.839. The maximum atomic E-state index is 12.4. The summed E-state index contributed by atoms with van der Waals surface area (Å²) >= 11 is 0. The molecule has 1 aromatic heterocycles. The molecule has 0 bridgehead atoms. The predicted octanol–water partition coefficient (Wildman–Crippen LogP) is 2.29. The largest absolute Gasteiger partial charge is 0.490 e. The number of pyridine rings is 1. The minimum atomic E-state index is -0.625. The molecule has 0 aliphatic carbocycles. The number of carbonyl (C=O) groups excluding carboxylic acids is 2. The number of hydrogen-bond donors (Lipinski definition) is 2. The summed E-state index contributed by atoms with van der Waals surface area (Å²) in [6, 6.07) is 8.24. The van der Waals surface area contributed by atoms with E-state index in [0.29, 0.717) is 11.4 Å². The van der Waals surface area contributed by atoms with Gasteiger partial charge in [0.1, 0.15) is 11.4 Å². The van der Waals surface area contributed by atoms with Crippen LogP contribution in [0.5, 0.6) is 5.75 Å². The van der Waals surface area contributed by atoms with Crippen LogP contribution in [0.4, 0.5) is 11.4 Å². The maximum absolute atomic E-state index is 12.4. The number of benzene rings is 1. The fourth-order valence-corrected chi connectivity index (χ4v) is 2.17. The summed E-state index contributed by atoms with van der Waals surface area (Å²) < 4.78 is 5.56. The summed E-state index contributed by atoms with van der Waals surface area (Å²) in [4.78, 5) is 30.0. The average Bonchev–Trinajstić information content (AvgIpc) is 2.55. The van der Waals surface area contributed by atoms with E-state index in [1.165, 1.54) is 6.07 Å². The first-order chi connectivity index (χ1) is 11.8. The molecule has 0 saturated carbocycles. The van der Waals surface area contributed by atoms with Crippen molar-refractivity contribution in [1.82, 2.24) is 4.98 Å². The minimum Gasteiger partial charge on any atom is -0.490 e. The first-order valence-electron chi connectivity index (χ1n) is 7.83. The van der Waals surface area contributed by atoms with Crippen molar-refractivity contribution in [2.24, 2.45) is 5.73 Å². The molecular weight excluding hydrogens is 320 g/mol. The number of primary amides is 1. The van der Waals surface area contributed by atoms with Gasteiger partial charge in [-0.3, -0.25) is 14.6 Å². The topological polar surface area (TPSA) is 97.6 Å². The zero-order valence-corrected chi connectivity index (χ0v) is 14.7. The number of rotatable bonds is 6. The van der Waals surface area contributed by atoms with Crippen molar-refractivity contribution in [2.45, 2.75) is 20.0 Å². The molecule has 0 aliphatic rings. The molecule has 2 rings (SSSR count). The number of anilines is 2. The van der Waals surface area contributed by atoms with E-state index < -0.39 is 5.91 Å². The van der Waals surface area contributed by atoms with Crippen LogP contribution in [-0.2, 0) is 0 Å². The molecule has 2 aromatic rings. The van der Waals surface area contributed by atoms with Gasteiger partial charge in [-0.05, 0) is 44.2 Å². The van der Waals surface area contributed by atoms with Crippen molar-refractivity contribution in [3.05, 3.63) is 47.8 Å². The normalized spacial score (nSPS) is 10.4. The number of nitrogens with zero attached hydrogens (tertiary/aromatic N) is 2. The first kappa shape index (κ1) is 18.3. The van der Waals surface area contributed by atoms with Crippen LogP contribution in [0.3, 0.4) is 0 Å². The van der Waals surface area contributed by atoms with Crippen molar-refractivity contribution in [2.75, 3.05) is 24.3 Å². The highest BCUT2D eigenvalue weighted by atomic mass is 16.5. The molecule has 0 radical (unpaired) electrons. The SMILES string of the molecule is CC(C)Oc1ccc(NC(=O)c2cc(N(C)C)ccn2)cc1C(N)=O. The van der Waals surface area contributed by atoms with Gasteiger partial charge >= 0.3 is 0 Å². The Morgan fingerprint density at radius 1 is 1.20 bits per heavy atom. The molecule has 25 heavy (non-hydrogen) atoms. The zero-order chi connectivity index (χ0) is 18.6. The van der Waals surface area contributed by atoms with Crippen LogP contribution in [0.25, 0.3) is 0 Å². The van der Waals surface area contributed by atoms with Gasteiger partial charge in [-0.15, -0.1) is 0 Å². The Kier molecular flexibility index (Phi) is 5.59. The number of nitrogens with two attached hydrogens (primary N) is 1. The summed E-state index contributed by atoms with van der Waals surface area (Å²) in [7, 11) is 3.76. The number of ether oxygens (including phenoxy) is 1. The number of hydrogen-bond acceptors (Lipinski definition) is 5. The lowest BCUT2D eigenvalue weighted by Crippen LogP contribution is -2.18. The molecule has 2 amide bonds. The summed E-state index contributed by atoms with van der Waals surface area (Å²) in [6.07, 6.45) is 1.47. The molecule has 0 atom stereocenters. The van der Waals surface area contributed by atoms with Crippen LogP contribution in [0.15, 0.2) is 36.5 Å². The average molecular weight is 342 g/mol. The van der Waals surface area contributed by atoms with Gasteiger partial charge in [0.2, 0.25) is 0 Å². The first-order valence-corrected chi connectivity index (χ1v) is 7.83. The molecule has 132 valence electrons. The number of aromatic nitrogens is 1. The Morgan fingerprint density at radius 3 is 2.52 bits per heavy atom. The van der Waals surface area contributed by atoms with Gasteiger partial charge < -0.3 is 20.7 Å². The summed E-state index contributed by atoms with van der Waals surface area (Å²) in [6.45, 7) is 3.70. The van der Waals surface area contributed by atoms with Crippen LogP contribution in [0, 0.1) is 0 Å². The monoisotopic (exact) mass is 342 g/mol. The molecule has 0 saturated heterocycles. The summed E-state index contributed by atoms with van der Waals surface area (Å²) in [5.41, 5.74) is 7.18. The standard InChI is InChI=1S/C18H22N4O3/c1-11(2)25-16-6-5-12(9-14(16)17(19)23)21-18(24)15-10-13(22(3)4)7-8-20-15/h5-11H,1-4H3,(H2,19,23)(H,21,24). The lowest BCUT2D eigenvalue weighted by molar-refractivity contribution is 0.0990. The Labute approximate surface area is 146 Å². The molecule has 0 unspecified atom stereocenters. The fraction of sp³-hybridized carbons (Fsp3) is 0.278. The Hall–Kier alpha value is -3.09. The highest BCUT2D eigenvalue weighted by Gasteiger charge is 2.14. The number of nitrogens with one attached hydrogen (secondary N) is 1. The van der Waals surface area contributed by atoms with Crippen LogP contribution < -0.4 is 20.7 Å². The van der Waals surface area contributed by atoms with Gasteiger partial charge in [-0.2, -0.15) is 0 Å². The van der Waals surface area contributed by atoms with E-state index in [9.17, 15) is 9.59 Å².